The first kappa shape index (κ1) is 32.7. The average Bonchev–Trinajstić information content (AvgIpc) is 3.58. The number of carbonyl (C=O) groups is 3. The smallest absolute Gasteiger partial charge is 0.492 e. The van der Waals surface area contributed by atoms with Gasteiger partial charge >= 0.3 is 18.4 Å². The van der Waals surface area contributed by atoms with Gasteiger partial charge in [-0.15, -0.1) is 8.78 Å². The van der Waals surface area contributed by atoms with E-state index in [0.29, 0.717) is 25.9 Å². The lowest BCUT2D eigenvalue weighted by molar-refractivity contribution is -0.286. The number of esters is 1. The van der Waals surface area contributed by atoms with Gasteiger partial charge < -0.3 is 28.7 Å². The van der Waals surface area contributed by atoms with Crippen LogP contribution in [0.4, 0.5) is 27.6 Å². The van der Waals surface area contributed by atoms with Crippen LogP contribution in [-0.4, -0.2) is 73.7 Å². The summed E-state index contributed by atoms with van der Waals surface area (Å²) in [5.74, 6) is -1.76. The van der Waals surface area contributed by atoms with E-state index < -0.39 is 42.2 Å². The number of halogens is 5. The fraction of sp³-hybridized carbons (Fsp3) is 0.419. The van der Waals surface area contributed by atoms with Crippen molar-refractivity contribution < 1.29 is 55.3 Å². The Morgan fingerprint density at radius 2 is 1.76 bits per heavy atom. The van der Waals surface area contributed by atoms with Gasteiger partial charge in [-0.25, -0.2) is 0 Å². The highest BCUT2D eigenvalue weighted by molar-refractivity contribution is 6.06. The summed E-state index contributed by atoms with van der Waals surface area (Å²) in [6.45, 7) is 2.48. The van der Waals surface area contributed by atoms with E-state index in [1.54, 1.807) is 11.8 Å². The van der Waals surface area contributed by atoms with Crippen LogP contribution in [-0.2, 0) is 19.1 Å². The van der Waals surface area contributed by atoms with Crippen LogP contribution >= 0.6 is 0 Å². The van der Waals surface area contributed by atoms with E-state index in [-0.39, 0.29) is 59.4 Å². The fourth-order valence-electron chi connectivity index (χ4n) is 5.26. The summed E-state index contributed by atoms with van der Waals surface area (Å²) in [7, 11) is 1.41. The normalized spacial score (nSPS) is 18.9. The Morgan fingerprint density at radius 1 is 1.04 bits per heavy atom. The Bertz CT molecular complexity index is 1570. The van der Waals surface area contributed by atoms with E-state index >= 15 is 0 Å². The van der Waals surface area contributed by atoms with Gasteiger partial charge in [0.1, 0.15) is 23.6 Å². The van der Waals surface area contributed by atoms with Gasteiger partial charge in [0.15, 0.2) is 11.5 Å². The molecule has 1 unspecified atom stereocenters. The molecule has 0 aromatic heterocycles. The maximum absolute atomic E-state index is 13.7. The van der Waals surface area contributed by atoms with Gasteiger partial charge in [-0.2, -0.15) is 13.2 Å². The third kappa shape index (κ3) is 7.40. The van der Waals surface area contributed by atoms with Gasteiger partial charge in [0.25, 0.3) is 5.91 Å². The van der Waals surface area contributed by atoms with E-state index in [9.17, 15) is 36.3 Å². The highest BCUT2D eigenvalue weighted by atomic mass is 19.4. The van der Waals surface area contributed by atoms with Crippen molar-refractivity contribution in [2.24, 2.45) is 4.99 Å². The standard InChI is InChI=1S/C31H30F5N3O7/c1-3-43-27(41)10-9-26(40)39-13-11-21(12-14-39)44-24-17-25(30(32,33)34)37-28(24)18-5-4-6-19(15-18)29(42)38(2)20-7-8-22-23(16-20)46-31(35,36)45-22/h4-8,15-17,21,28H,3,9-14H2,1-2H3. The first-order valence-corrected chi connectivity index (χ1v) is 14.5. The molecule has 2 aromatic carbocycles. The van der Waals surface area contributed by atoms with Gasteiger partial charge in [0, 0.05) is 62.8 Å². The van der Waals surface area contributed by atoms with Crippen molar-refractivity contribution in [1.82, 2.24) is 4.90 Å². The number of nitrogens with zero attached hydrogens (tertiary/aromatic N) is 3. The number of amides is 2. The molecule has 246 valence electrons. The number of alkyl halides is 5. The third-order valence-electron chi connectivity index (χ3n) is 7.58. The molecule has 10 nitrogen and oxygen atoms in total. The second-order valence-corrected chi connectivity index (χ2v) is 10.8. The van der Waals surface area contributed by atoms with Crippen molar-refractivity contribution in [3.05, 3.63) is 65.4 Å². The minimum absolute atomic E-state index is 0.00474. The molecule has 2 amide bonds. The number of hydrogen-bond donors (Lipinski definition) is 0. The molecule has 1 fully saturated rings. The van der Waals surface area contributed by atoms with Crippen LogP contribution in [0.25, 0.3) is 0 Å². The number of allylic oxidation sites excluding steroid dienone is 1. The van der Waals surface area contributed by atoms with Gasteiger partial charge in [-0.1, -0.05) is 12.1 Å². The lowest BCUT2D eigenvalue weighted by Crippen LogP contribution is -2.41. The fourth-order valence-corrected chi connectivity index (χ4v) is 5.26. The molecule has 0 N–H and O–H groups in total. The molecule has 3 aliphatic rings. The predicted octanol–water partition coefficient (Wildman–Crippen LogP) is 5.58. The number of aliphatic imine (C=N–C) groups is 1. The minimum atomic E-state index is -4.75. The van der Waals surface area contributed by atoms with Crippen LogP contribution in [0, 0.1) is 0 Å². The van der Waals surface area contributed by atoms with Crippen LogP contribution in [0.1, 0.15) is 54.6 Å². The topological polar surface area (TPSA) is 107 Å². The van der Waals surface area contributed by atoms with Crippen molar-refractivity contribution in [3.8, 4) is 11.5 Å². The van der Waals surface area contributed by atoms with Crippen LogP contribution < -0.4 is 14.4 Å². The second kappa shape index (κ2) is 13.0. The number of ether oxygens (including phenoxy) is 4. The molecule has 0 bridgehead atoms. The lowest BCUT2D eigenvalue weighted by Gasteiger charge is -2.33. The van der Waals surface area contributed by atoms with Crippen molar-refractivity contribution in [2.45, 2.75) is 57.2 Å². The molecule has 2 aromatic rings. The molecule has 0 spiro atoms. The van der Waals surface area contributed by atoms with Crippen molar-refractivity contribution in [3.63, 3.8) is 0 Å². The zero-order valence-corrected chi connectivity index (χ0v) is 24.8. The molecule has 0 aliphatic carbocycles. The van der Waals surface area contributed by atoms with Crippen LogP contribution in [0.2, 0.25) is 0 Å². The summed E-state index contributed by atoms with van der Waals surface area (Å²) in [6.07, 6.45) is -7.59. The molecule has 1 saturated heterocycles. The number of hydrogen-bond acceptors (Lipinski definition) is 8. The largest absolute Gasteiger partial charge is 0.586 e. The number of piperidine rings is 1. The van der Waals surface area contributed by atoms with E-state index in [4.69, 9.17) is 9.47 Å². The molecular formula is C31H30F5N3O7. The molecule has 5 rings (SSSR count). The summed E-state index contributed by atoms with van der Waals surface area (Å²) in [5, 5.41) is 0. The molecule has 3 aliphatic heterocycles. The Balaban J connectivity index is 1.27. The zero-order chi connectivity index (χ0) is 33.2. The summed E-state index contributed by atoms with van der Waals surface area (Å²) < 4.78 is 87.8. The molecule has 1 atom stereocenters. The van der Waals surface area contributed by atoms with Gasteiger partial charge in [-0.05, 0) is 36.8 Å². The van der Waals surface area contributed by atoms with Crippen molar-refractivity contribution in [2.75, 3.05) is 31.6 Å². The lowest BCUT2D eigenvalue weighted by atomic mass is 10.0. The number of fused-ring (bicyclic) bond motifs is 1. The number of anilines is 1. The summed E-state index contributed by atoms with van der Waals surface area (Å²) in [4.78, 5) is 44.0. The SMILES string of the molecule is CCOC(=O)CCC(=O)N1CCC(OC2=CC(C(F)(F)F)=NC2c2cccc(C(=O)N(C)c3ccc4c(c3)OC(F)(F)O4)c2)CC1. The zero-order valence-electron chi connectivity index (χ0n) is 24.8. The maximum Gasteiger partial charge on any atom is 0.586 e. The van der Waals surface area contributed by atoms with Crippen LogP contribution in [0.3, 0.4) is 0 Å². The summed E-state index contributed by atoms with van der Waals surface area (Å²) in [5.41, 5.74) is -0.553. The van der Waals surface area contributed by atoms with E-state index in [2.05, 4.69) is 14.5 Å². The second-order valence-electron chi connectivity index (χ2n) is 10.8. The number of benzene rings is 2. The van der Waals surface area contributed by atoms with Crippen molar-refractivity contribution >= 4 is 29.2 Å². The minimum Gasteiger partial charge on any atom is -0.492 e. The molecule has 3 heterocycles. The average molecular weight is 652 g/mol. The third-order valence-corrected chi connectivity index (χ3v) is 7.58. The van der Waals surface area contributed by atoms with Crippen LogP contribution in [0.5, 0.6) is 11.5 Å². The van der Waals surface area contributed by atoms with Gasteiger partial charge in [-0.3, -0.25) is 19.4 Å². The number of rotatable bonds is 9. The maximum atomic E-state index is 13.7. The molecule has 46 heavy (non-hydrogen) atoms. The molecule has 0 saturated carbocycles. The van der Waals surface area contributed by atoms with Gasteiger partial charge in [0.2, 0.25) is 5.91 Å². The monoisotopic (exact) mass is 651 g/mol. The molecule has 15 heteroatoms. The van der Waals surface area contributed by atoms with E-state index in [1.807, 2.05) is 0 Å². The first-order chi connectivity index (χ1) is 21.7. The Morgan fingerprint density at radius 3 is 2.46 bits per heavy atom. The molecular weight excluding hydrogens is 621 g/mol. The van der Waals surface area contributed by atoms with Crippen molar-refractivity contribution in [1.29, 1.82) is 0 Å². The highest BCUT2D eigenvalue weighted by Gasteiger charge is 2.44. The highest BCUT2D eigenvalue weighted by Crippen LogP contribution is 2.43. The van der Waals surface area contributed by atoms with Gasteiger partial charge in [0.05, 0.1) is 13.0 Å². The number of likely N-dealkylation sites (tertiary alicyclic amines) is 1. The molecule has 0 radical (unpaired) electrons. The quantitative estimate of drug-likeness (QED) is 0.258. The first-order valence-electron chi connectivity index (χ1n) is 14.5. The summed E-state index contributed by atoms with van der Waals surface area (Å²) in [6, 6.07) is 8.52. The van der Waals surface area contributed by atoms with E-state index in [1.165, 1.54) is 54.4 Å². The van der Waals surface area contributed by atoms with E-state index in [0.717, 1.165) is 6.08 Å². The van der Waals surface area contributed by atoms with Crippen LogP contribution in [0.15, 0.2) is 59.3 Å². The predicted molar refractivity (Wildman–Crippen MR) is 153 cm³/mol. The number of carbonyl (C=O) groups excluding carboxylic acids is 3. The Hall–Kier alpha value is -4.69. The summed E-state index contributed by atoms with van der Waals surface area (Å²) >= 11 is 0. The Kier molecular flexibility index (Phi) is 9.22. The Labute approximate surface area is 260 Å².